The van der Waals surface area contributed by atoms with Crippen LogP contribution < -0.4 is 5.32 Å². The highest BCUT2D eigenvalue weighted by Gasteiger charge is 2.60. The lowest BCUT2D eigenvalue weighted by Crippen LogP contribution is -2.59. The zero-order valence-corrected chi connectivity index (χ0v) is 18.1. The summed E-state index contributed by atoms with van der Waals surface area (Å²) in [5.74, 6) is -1.83. The van der Waals surface area contributed by atoms with Gasteiger partial charge in [0.05, 0.1) is 6.54 Å². The Morgan fingerprint density at radius 3 is 2.17 bits per heavy atom. The van der Waals surface area contributed by atoms with Crippen LogP contribution >= 0.6 is 0 Å². The lowest BCUT2D eigenvalue weighted by molar-refractivity contribution is -0.251. The molecule has 0 aromatic carbocycles. The number of hydrogen-bond acceptors (Lipinski definition) is 5. The smallest absolute Gasteiger partial charge is 0.426 e. The second-order valence-corrected chi connectivity index (χ2v) is 9.63. The first-order valence-corrected chi connectivity index (χ1v) is 10.1. The molecule has 0 bridgehead atoms. The average Bonchev–Trinajstić information content (AvgIpc) is 3.38. The largest absolute Gasteiger partial charge is 0.444 e. The van der Waals surface area contributed by atoms with Crippen molar-refractivity contribution >= 4 is 17.8 Å². The SMILES string of the molecule is CC1CN(C(=O)[C@@](C)(O)C(F)(F)F)CCC1C1(C(=O)CNC(=O)OC(C)(C)C)CC1. The number of piperidine rings is 1. The summed E-state index contributed by atoms with van der Waals surface area (Å²) in [7, 11) is 0. The van der Waals surface area contributed by atoms with Crippen molar-refractivity contribution in [3.8, 4) is 0 Å². The molecule has 2 fully saturated rings. The molecule has 172 valence electrons. The quantitative estimate of drug-likeness (QED) is 0.691. The number of alkyl carbamates (subject to hydrolysis) is 1. The van der Waals surface area contributed by atoms with Crippen molar-refractivity contribution in [1.82, 2.24) is 10.2 Å². The highest BCUT2D eigenvalue weighted by molar-refractivity contribution is 5.91. The van der Waals surface area contributed by atoms with Crippen molar-refractivity contribution in [2.75, 3.05) is 19.6 Å². The third kappa shape index (κ3) is 5.07. The summed E-state index contributed by atoms with van der Waals surface area (Å²) in [5.41, 5.74) is -4.75. The fourth-order valence-electron chi connectivity index (χ4n) is 4.21. The van der Waals surface area contributed by atoms with E-state index >= 15 is 0 Å². The van der Waals surface area contributed by atoms with Gasteiger partial charge in [-0.1, -0.05) is 6.92 Å². The average molecular weight is 436 g/mol. The first-order valence-electron chi connectivity index (χ1n) is 10.1. The number of nitrogens with one attached hydrogen (secondary N) is 1. The van der Waals surface area contributed by atoms with Crippen LogP contribution in [0.3, 0.4) is 0 Å². The maximum atomic E-state index is 13.0. The van der Waals surface area contributed by atoms with Crippen molar-refractivity contribution in [3.63, 3.8) is 0 Å². The van der Waals surface area contributed by atoms with Gasteiger partial charge in [-0.2, -0.15) is 13.2 Å². The number of carbonyl (C=O) groups is 3. The van der Waals surface area contributed by atoms with Crippen LogP contribution in [0.2, 0.25) is 0 Å². The predicted octanol–water partition coefficient (Wildman–Crippen LogP) is 2.66. The number of Topliss-reactive ketones (excluding diaryl/α,β-unsaturated/α-hetero) is 1. The van der Waals surface area contributed by atoms with Crippen molar-refractivity contribution < 1.29 is 37.4 Å². The van der Waals surface area contributed by atoms with E-state index < -0.39 is 34.8 Å². The number of aliphatic hydroxyl groups is 1. The van der Waals surface area contributed by atoms with Crippen LogP contribution in [-0.4, -0.2) is 64.8 Å². The number of rotatable bonds is 5. The van der Waals surface area contributed by atoms with E-state index in [4.69, 9.17) is 4.74 Å². The Bertz CT molecular complexity index is 696. The fraction of sp³-hybridized carbons (Fsp3) is 0.850. The van der Waals surface area contributed by atoms with Gasteiger partial charge in [0.15, 0.2) is 5.78 Å². The topological polar surface area (TPSA) is 95.9 Å². The molecule has 0 aromatic rings. The minimum atomic E-state index is -5.06. The monoisotopic (exact) mass is 436 g/mol. The molecule has 2 unspecified atom stereocenters. The van der Waals surface area contributed by atoms with Gasteiger partial charge < -0.3 is 20.1 Å². The molecule has 0 radical (unpaired) electrons. The number of ketones is 1. The predicted molar refractivity (Wildman–Crippen MR) is 101 cm³/mol. The zero-order valence-electron chi connectivity index (χ0n) is 18.1. The molecule has 1 aliphatic carbocycles. The summed E-state index contributed by atoms with van der Waals surface area (Å²) in [6.07, 6.45) is -4.10. The molecule has 1 heterocycles. The molecule has 1 saturated heterocycles. The number of nitrogens with zero attached hydrogens (tertiary/aromatic N) is 1. The van der Waals surface area contributed by atoms with E-state index in [0.29, 0.717) is 26.2 Å². The number of alkyl halides is 3. The molecule has 0 aromatic heterocycles. The van der Waals surface area contributed by atoms with Gasteiger partial charge in [0.2, 0.25) is 5.60 Å². The molecule has 1 aliphatic heterocycles. The Morgan fingerprint density at radius 2 is 1.73 bits per heavy atom. The minimum absolute atomic E-state index is 0.0320. The van der Waals surface area contributed by atoms with Crippen LogP contribution in [0.25, 0.3) is 0 Å². The van der Waals surface area contributed by atoms with Crippen molar-refractivity contribution in [1.29, 1.82) is 0 Å². The van der Waals surface area contributed by atoms with Gasteiger partial charge in [0.25, 0.3) is 5.91 Å². The molecule has 2 amide bonds. The Kier molecular flexibility index (Phi) is 6.53. The number of likely N-dealkylation sites (tertiary alicyclic amines) is 1. The summed E-state index contributed by atoms with van der Waals surface area (Å²) in [5, 5.41) is 12.1. The molecule has 10 heteroatoms. The third-order valence-corrected chi connectivity index (χ3v) is 6.01. The summed E-state index contributed by atoms with van der Waals surface area (Å²) >= 11 is 0. The molecule has 2 aliphatic rings. The molecular formula is C20H31F3N2O5. The van der Waals surface area contributed by atoms with Gasteiger partial charge >= 0.3 is 12.3 Å². The third-order valence-electron chi connectivity index (χ3n) is 6.01. The molecule has 7 nitrogen and oxygen atoms in total. The summed E-state index contributed by atoms with van der Waals surface area (Å²) in [6.45, 7) is 7.28. The number of ether oxygens (including phenoxy) is 1. The van der Waals surface area contributed by atoms with Crippen molar-refractivity contribution in [2.24, 2.45) is 17.3 Å². The first-order chi connectivity index (χ1) is 13.5. The van der Waals surface area contributed by atoms with Crippen LogP contribution in [0.1, 0.15) is 53.9 Å². The molecule has 3 atom stereocenters. The summed E-state index contributed by atoms with van der Waals surface area (Å²) < 4.78 is 44.1. The molecule has 30 heavy (non-hydrogen) atoms. The molecule has 2 rings (SSSR count). The lowest BCUT2D eigenvalue weighted by atomic mass is 9.73. The molecule has 2 N–H and O–H groups in total. The number of carbonyl (C=O) groups excluding carboxylic acids is 3. The Balaban J connectivity index is 1.97. The van der Waals surface area contributed by atoms with E-state index in [9.17, 15) is 32.7 Å². The number of halogens is 3. The first kappa shape index (κ1) is 24.4. The van der Waals surface area contributed by atoms with Gasteiger partial charge in [0, 0.05) is 18.5 Å². The van der Waals surface area contributed by atoms with E-state index in [1.807, 2.05) is 0 Å². The van der Waals surface area contributed by atoms with E-state index in [-0.39, 0.29) is 37.3 Å². The zero-order chi connectivity index (χ0) is 23.1. The van der Waals surface area contributed by atoms with Crippen LogP contribution in [0.4, 0.5) is 18.0 Å². The molecular weight excluding hydrogens is 405 g/mol. The van der Waals surface area contributed by atoms with Gasteiger partial charge in [-0.05, 0) is 58.8 Å². The van der Waals surface area contributed by atoms with E-state index in [2.05, 4.69) is 5.32 Å². The van der Waals surface area contributed by atoms with Gasteiger partial charge in [-0.15, -0.1) is 0 Å². The number of hydrogen-bond donors (Lipinski definition) is 2. The second kappa shape index (κ2) is 8.01. The van der Waals surface area contributed by atoms with Crippen LogP contribution in [0.15, 0.2) is 0 Å². The van der Waals surface area contributed by atoms with Crippen LogP contribution in [0.5, 0.6) is 0 Å². The lowest BCUT2D eigenvalue weighted by Gasteiger charge is -2.42. The maximum Gasteiger partial charge on any atom is 0.426 e. The number of amides is 2. The van der Waals surface area contributed by atoms with E-state index in [1.165, 1.54) is 0 Å². The van der Waals surface area contributed by atoms with Gasteiger partial charge in [-0.3, -0.25) is 9.59 Å². The Hall–Kier alpha value is -1.84. The Labute approximate surface area is 174 Å². The van der Waals surface area contributed by atoms with Crippen molar-refractivity contribution in [3.05, 3.63) is 0 Å². The Morgan fingerprint density at radius 1 is 1.17 bits per heavy atom. The van der Waals surface area contributed by atoms with E-state index in [0.717, 1.165) is 4.90 Å². The van der Waals surface area contributed by atoms with Crippen LogP contribution in [-0.2, 0) is 14.3 Å². The fourth-order valence-corrected chi connectivity index (χ4v) is 4.21. The van der Waals surface area contributed by atoms with E-state index in [1.54, 1.807) is 27.7 Å². The summed E-state index contributed by atoms with van der Waals surface area (Å²) in [6, 6.07) is 0. The van der Waals surface area contributed by atoms with Gasteiger partial charge in [0.1, 0.15) is 5.60 Å². The van der Waals surface area contributed by atoms with Crippen molar-refractivity contribution in [2.45, 2.75) is 71.3 Å². The normalized spacial score (nSPS) is 25.8. The second-order valence-electron chi connectivity index (χ2n) is 9.63. The highest BCUT2D eigenvalue weighted by Crippen LogP contribution is 2.57. The maximum absolute atomic E-state index is 13.0. The summed E-state index contributed by atoms with van der Waals surface area (Å²) in [4.78, 5) is 37.9. The van der Waals surface area contributed by atoms with Crippen LogP contribution in [0, 0.1) is 17.3 Å². The molecule has 0 spiro atoms. The van der Waals surface area contributed by atoms with Gasteiger partial charge in [-0.25, -0.2) is 4.79 Å². The highest BCUT2D eigenvalue weighted by atomic mass is 19.4. The molecule has 1 saturated carbocycles. The minimum Gasteiger partial charge on any atom is -0.444 e. The standard InChI is InChI=1S/C20H31F3N2O5/c1-12-11-25(15(27)18(5,29)20(21,22)23)9-6-13(12)19(7-8-19)14(26)10-24-16(28)30-17(2,3)4/h12-13,29H,6-11H2,1-5H3,(H,24,28)/t12?,13?,18-/m1/s1.